The van der Waals surface area contributed by atoms with Gasteiger partial charge < -0.3 is 15.8 Å². The Kier molecular flexibility index (Phi) is 4.56. The molecule has 0 aliphatic carbocycles. The molecule has 0 saturated carbocycles. The van der Waals surface area contributed by atoms with Gasteiger partial charge >= 0.3 is 0 Å². The number of nitrogens with one attached hydrogen (secondary N) is 1. The maximum absolute atomic E-state index is 11.7. The minimum Gasteiger partial charge on any atom is -0.381 e. The molecule has 1 saturated heterocycles. The van der Waals surface area contributed by atoms with Crippen LogP contribution in [0.4, 0.5) is 0 Å². The van der Waals surface area contributed by atoms with E-state index in [0.717, 1.165) is 26.1 Å². The van der Waals surface area contributed by atoms with E-state index in [9.17, 15) is 4.79 Å². The second-order valence-corrected chi connectivity index (χ2v) is 5.27. The van der Waals surface area contributed by atoms with E-state index in [2.05, 4.69) is 17.4 Å². The highest BCUT2D eigenvalue weighted by atomic mass is 16.5. The molecule has 1 heterocycles. The Morgan fingerprint density at radius 1 is 1.37 bits per heavy atom. The van der Waals surface area contributed by atoms with Crippen molar-refractivity contribution in [1.29, 1.82) is 0 Å². The van der Waals surface area contributed by atoms with Crippen molar-refractivity contribution in [3.63, 3.8) is 0 Å². The van der Waals surface area contributed by atoms with Crippen LogP contribution in [0.3, 0.4) is 0 Å². The third kappa shape index (κ3) is 3.33. The molecule has 1 aliphatic heterocycles. The fraction of sp³-hybridized carbons (Fsp3) is 0.533. The molecule has 1 atom stereocenters. The van der Waals surface area contributed by atoms with Crippen LogP contribution in [0.2, 0.25) is 0 Å². The first-order valence-electron chi connectivity index (χ1n) is 6.81. The van der Waals surface area contributed by atoms with Crippen LogP contribution >= 0.6 is 0 Å². The number of ether oxygens (including phenoxy) is 1. The summed E-state index contributed by atoms with van der Waals surface area (Å²) in [4.78, 5) is 11.7. The molecule has 1 aromatic rings. The molecule has 2 rings (SSSR count). The first-order valence-corrected chi connectivity index (χ1v) is 6.81. The van der Waals surface area contributed by atoms with E-state index in [1.54, 1.807) is 6.92 Å². The number of hydrogen-bond donors (Lipinski definition) is 2. The highest BCUT2D eigenvalue weighted by Gasteiger charge is 2.34. The van der Waals surface area contributed by atoms with Crippen molar-refractivity contribution in [2.24, 2.45) is 5.73 Å². The predicted molar refractivity (Wildman–Crippen MR) is 74.8 cm³/mol. The zero-order chi connectivity index (χ0) is 13.7. The summed E-state index contributed by atoms with van der Waals surface area (Å²) in [5, 5.41) is 2.97. The molecule has 1 aromatic carbocycles. The normalized spacial score (nSPS) is 19.7. The summed E-state index contributed by atoms with van der Waals surface area (Å²) in [5.41, 5.74) is 6.84. The summed E-state index contributed by atoms with van der Waals surface area (Å²) >= 11 is 0. The Labute approximate surface area is 114 Å². The van der Waals surface area contributed by atoms with Crippen LogP contribution in [-0.4, -0.2) is 31.7 Å². The minimum atomic E-state index is -0.465. The fourth-order valence-corrected chi connectivity index (χ4v) is 2.54. The molecule has 0 radical (unpaired) electrons. The molecular weight excluding hydrogens is 240 g/mol. The summed E-state index contributed by atoms with van der Waals surface area (Å²) in [6, 6.07) is 9.89. The van der Waals surface area contributed by atoms with Gasteiger partial charge in [-0.3, -0.25) is 4.79 Å². The molecule has 1 aliphatic rings. The molecule has 3 N–H and O–H groups in total. The third-order valence-electron chi connectivity index (χ3n) is 3.85. The number of amides is 1. The summed E-state index contributed by atoms with van der Waals surface area (Å²) in [6.45, 7) is 3.81. The van der Waals surface area contributed by atoms with Crippen molar-refractivity contribution < 1.29 is 9.53 Å². The SMILES string of the molecule is C[C@@H](N)C(=O)NCC1(c2ccccc2)CCOCC1. The molecule has 1 amide bonds. The van der Waals surface area contributed by atoms with Crippen LogP contribution in [0.5, 0.6) is 0 Å². The molecule has 0 unspecified atom stereocenters. The number of carbonyl (C=O) groups is 1. The lowest BCUT2D eigenvalue weighted by Gasteiger charge is -2.38. The van der Waals surface area contributed by atoms with Gasteiger partial charge in [0, 0.05) is 25.2 Å². The second kappa shape index (κ2) is 6.17. The van der Waals surface area contributed by atoms with Gasteiger partial charge in [-0.1, -0.05) is 30.3 Å². The number of rotatable bonds is 4. The van der Waals surface area contributed by atoms with Gasteiger partial charge in [-0.15, -0.1) is 0 Å². The monoisotopic (exact) mass is 262 g/mol. The Bertz CT molecular complexity index is 411. The van der Waals surface area contributed by atoms with Gasteiger partial charge in [0.25, 0.3) is 0 Å². The van der Waals surface area contributed by atoms with E-state index in [-0.39, 0.29) is 11.3 Å². The summed E-state index contributed by atoms with van der Waals surface area (Å²) in [5.74, 6) is -0.0956. The number of nitrogens with two attached hydrogens (primary N) is 1. The van der Waals surface area contributed by atoms with E-state index in [0.29, 0.717) is 6.54 Å². The smallest absolute Gasteiger partial charge is 0.236 e. The standard InChI is InChI=1S/C15H22N2O2/c1-12(16)14(18)17-11-15(7-9-19-10-8-15)13-5-3-2-4-6-13/h2-6,12H,7-11,16H2,1H3,(H,17,18)/t12-/m1/s1. The predicted octanol–water partition coefficient (Wildman–Crippen LogP) is 1.20. The fourth-order valence-electron chi connectivity index (χ4n) is 2.54. The first-order chi connectivity index (χ1) is 9.14. The lowest BCUT2D eigenvalue weighted by Crippen LogP contribution is -2.48. The average molecular weight is 262 g/mol. The lowest BCUT2D eigenvalue weighted by atomic mass is 9.74. The van der Waals surface area contributed by atoms with Crippen LogP contribution in [0.25, 0.3) is 0 Å². The second-order valence-electron chi connectivity index (χ2n) is 5.27. The van der Waals surface area contributed by atoms with Crippen molar-refractivity contribution in [2.45, 2.75) is 31.2 Å². The zero-order valence-electron chi connectivity index (χ0n) is 11.4. The first kappa shape index (κ1) is 14.0. The topological polar surface area (TPSA) is 64.4 Å². The van der Waals surface area contributed by atoms with Crippen LogP contribution in [0.15, 0.2) is 30.3 Å². The molecule has 19 heavy (non-hydrogen) atoms. The summed E-state index contributed by atoms with van der Waals surface area (Å²) < 4.78 is 5.46. The summed E-state index contributed by atoms with van der Waals surface area (Å²) in [6.07, 6.45) is 1.85. The van der Waals surface area contributed by atoms with Crippen molar-refractivity contribution in [3.8, 4) is 0 Å². The average Bonchev–Trinajstić information content (AvgIpc) is 2.46. The molecule has 0 spiro atoms. The van der Waals surface area contributed by atoms with Gasteiger partial charge in [0.05, 0.1) is 6.04 Å². The van der Waals surface area contributed by atoms with Crippen molar-refractivity contribution >= 4 is 5.91 Å². The molecule has 4 heteroatoms. The van der Waals surface area contributed by atoms with Crippen molar-refractivity contribution in [2.75, 3.05) is 19.8 Å². The van der Waals surface area contributed by atoms with E-state index < -0.39 is 6.04 Å². The Balaban J connectivity index is 2.14. The number of benzene rings is 1. The largest absolute Gasteiger partial charge is 0.381 e. The molecule has 104 valence electrons. The van der Waals surface area contributed by atoms with Crippen molar-refractivity contribution in [3.05, 3.63) is 35.9 Å². The van der Waals surface area contributed by atoms with E-state index in [1.165, 1.54) is 5.56 Å². The van der Waals surface area contributed by atoms with Gasteiger partial charge in [-0.05, 0) is 25.3 Å². The van der Waals surface area contributed by atoms with E-state index in [1.807, 2.05) is 18.2 Å². The van der Waals surface area contributed by atoms with Gasteiger partial charge in [0.1, 0.15) is 0 Å². The quantitative estimate of drug-likeness (QED) is 0.857. The van der Waals surface area contributed by atoms with Gasteiger partial charge in [0.2, 0.25) is 5.91 Å². The molecule has 1 fully saturated rings. The van der Waals surface area contributed by atoms with E-state index in [4.69, 9.17) is 10.5 Å². The van der Waals surface area contributed by atoms with Gasteiger partial charge in [-0.25, -0.2) is 0 Å². The van der Waals surface area contributed by atoms with E-state index >= 15 is 0 Å². The van der Waals surface area contributed by atoms with Crippen molar-refractivity contribution in [1.82, 2.24) is 5.32 Å². The summed E-state index contributed by atoms with van der Waals surface area (Å²) in [7, 11) is 0. The highest BCUT2D eigenvalue weighted by Crippen LogP contribution is 2.34. The molecular formula is C15H22N2O2. The van der Waals surface area contributed by atoms with Crippen LogP contribution in [0.1, 0.15) is 25.3 Å². The number of carbonyl (C=O) groups excluding carboxylic acids is 1. The Morgan fingerprint density at radius 2 is 2.00 bits per heavy atom. The number of hydrogen-bond acceptors (Lipinski definition) is 3. The van der Waals surface area contributed by atoms with Gasteiger partial charge in [-0.2, -0.15) is 0 Å². The zero-order valence-corrected chi connectivity index (χ0v) is 11.4. The Hall–Kier alpha value is -1.39. The third-order valence-corrected chi connectivity index (χ3v) is 3.85. The molecule has 0 aromatic heterocycles. The highest BCUT2D eigenvalue weighted by molar-refractivity contribution is 5.81. The Morgan fingerprint density at radius 3 is 2.58 bits per heavy atom. The molecule has 4 nitrogen and oxygen atoms in total. The maximum Gasteiger partial charge on any atom is 0.236 e. The maximum atomic E-state index is 11.7. The lowest BCUT2D eigenvalue weighted by molar-refractivity contribution is -0.122. The van der Waals surface area contributed by atoms with Crippen LogP contribution in [0, 0.1) is 0 Å². The van der Waals surface area contributed by atoms with Gasteiger partial charge in [0.15, 0.2) is 0 Å². The minimum absolute atomic E-state index is 0.0237. The van der Waals surface area contributed by atoms with Crippen LogP contribution < -0.4 is 11.1 Å². The molecule has 0 bridgehead atoms. The van der Waals surface area contributed by atoms with Crippen LogP contribution in [-0.2, 0) is 14.9 Å².